The lowest BCUT2D eigenvalue weighted by atomic mass is 10.1. The quantitative estimate of drug-likeness (QED) is 0.386. The van der Waals surface area contributed by atoms with Gasteiger partial charge in [-0.15, -0.1) is 0 Å². The molecule has 0 aromatic heterocycles. The number of carbonyl (C=O) groups excluding carboxylic acids is 1. The van der Waals surface area contributed by atoms with Gasteiger partial charge in [-0.3, -0.25) is 4.99 Å². The molecule has 0 radical (unpaired) electrons. The van der Waals surface area contributed by atoms with Crippen molar-refractivity contribution in [3.63, 3.8) is 0 Å². The number of nitrogens with zero attached hydrogens (tertiary/aromatic N) is 1. The molecule has 1 aromatic rings. The molecule has 0 aliphatic heterocycles. The highest BCUT2D eigenvalue weighted by molar-refractivity contribution is 5.79. The number of hydrogen-bond donors (Lipinski definition) is 3. The molecule has 10 heteroatoms. The molecule has 0 aliphatic rings. The summed E-state index contributed by atoms with van der Waals surface area (Å²) < 4.78 is 49.7. The molecule has 7 nitrogen and oxygen atoms in total. The molecule has 0 atom stereocenters. The molecule has 0 spiro atoms. The monoisotopic (exact) mass is 404 g/mol. The zero-order valence-corrected chi connectivity index (χ0v) is 16.7. The number of methoxy groups -OCH3 is 1. The summed E-state index contributed by atoms with van der Waals surface area (Å²) in [6.07, 6.45) is -5.05. The third-order valence-electron chi connectivity index (χ3n) is 3.38. The molecule has 28 heavy (non-hydrogen) atoms. The van der Waals surface area contributed by atoms with E-state index in [9.17, 15) is 18.0 Å². The number of aliphatic imine (C=N–C) groups is 1. The van der Waals surface area contributed by atoms with Crippen molar-refractivity contribution in [2.24, 2.45) is 4.99 Å². The summed E-state index contributed by atoms with van der Waals surface area (Å²) in [5.41, 5.74) is -1.31. The van der Waals surface area contributed by atoms with Gasteiger partial charge in [-0.25, -0.2) is 4.79 Å². The third kappa shape index (κ3) is 8.36. The number of ether oxygens (including phenoxy) is 2. The van der Waals surface area contributed by atoms with Crippen LogP contribution in [-0.2, 0) is 17.5 Å². The Morgan fingerprint density at radius 3 is 2.29 bits per heavy atom. The van der Waals surface area contributed by atoms with E-state index >= 15 is 0 Å². The normalized spacial score (nSPS) is 12.4. The van der Waals surface area contributed by atoms with Crippen LogP contribution in [0, 0.1) is 0 Å². The Balaban J connectivity index is 2.56. The zero-order valence-electron chi connectivity index (χ0n) is 16.7. The third-order valence-corrected chi connectivity index (χ3v) is 3.38. The summed E-state index contributed by atoms with van der Waals surface area (Å²) in [5.74, 6) is 0.432. The van der Waals surface area contributed by atoms with Crippen LogP contribution in [0.3, 0.4) is 0 Å². The standard InChI is InChI=1S/C18H27F3N4O3/c1-17(2,3)28-16(26)24-9-8-23-15(22-4)25-11-12-6-7-13(27-5)10-14(12)18(19,20)21/h6-7,10H,8-9,11H2,1-5H3,(H,24,26)(H2,22,23,25). The maximum Gasteiger partial charge on any atom is 0.416 e. The predicted molar refractivity (Wildman–Crippen MR) is 100 cm³/mol. The molecular weight excluding hydrogens is 377 g/mol. The van der Waals surface area contributed by atoms with Crippen molar-refractivity contribution in [1.82, 2.24) is 16.0 Å². The molecule has 1 amide bonds. The van der Waals surface area contributed by atoms with Gasteiger partial charge in [0.25, 0.3) is 0 Å². The minimum Gasteiger partial charge on any atom is -0.497 e. The average molecular weight is 404 g/mol. The van der Waals surface area contributed by atoms with Crippen molar-refractivity contribution in [1.29, 1.82) is 0 Å². The summed E-state index contributed by atoms with van der Waals surface area (Å²) >= 11 is 0. The molecule has 0 fully saturated rings. The largest absolute Gasteiger partial charge is 0.497 e. The van der Waals surface area contributed by atoms with E-state index in [1.807, 2.05) is 0 Å². The summed E-state index contributed by atoms with van der Waals surface area (Å²) in [4.78, 5) is 15.5. The first-order valence-corrected chi connectivity index (χ1v) is 8.61. The highest BCUT2D eigenvalue weighted by Gasteiger charge is 2.33. The van der Waals surface area contributed by atoms with Crippen LogP contribution in [0.2, 0.25) is 0 Å². The minimum atomic E-state index is -4.50. The SMILES string of the molecule is CN=C(NCCNC(=O)OC(C)(C)C)NCc1ccc(OC)cc1C(F)(F)F. The first-order chi connectivity index (χ1) is 13.0. The van der Waals surface area contributed by atoms with Crippen molar-refractivity contribution in [3.05, 3.63) is 29.3 Å². The van der Waals surface area contributed by atoms with Gasteiger partial charge in [0.1, 0.15) is 11.4 Å². The lowest BCUT2D eigenvalue weighted by Crippen LogP contribution is -2.42. The second-order valence-corrected chi connectivity index (χ2v) is 6.80. The van der Waals surface area contributed by atoms with E-state index in [1.54, 1.807) is 20.8 Å². The van der Waals surface area contributed by atoms with E-state index in [1.165, 1.54) is 26.3 Å². The number of amides is 1. The van der Waals surface area contributed by atoms with Gasteiger partial charge in [-0.1, -0.05) is 6.07 Å². The van der Waals surface area contributed by atoms with Gasteiger partial charge in [0.05, 0.1) is 12.7 Å². The van der Waals surface area contributed by atoms with Crippen molar-refractivity contribution in [3.8, 4) is 5.75 Å². The van der Waals surface area contributed by atoms with Crippen molar-refractivity contribution in [2.45, 2.75) is 39.1 Å². The lowest BCUT2D eigenvalue weighted by molar-refractivity contribution is -0.138. The number of alkyl carbamates (subject to hydrolysis) is 1. The molecule has 0 saturated heterocycles. The molecule has 0 heterocycles. The van der Waals surface area contributed by atoms with E-state index < -0.39 is 23.4 Å². The maximum absolute atomic E-state index is 13.2. The topological polar surface area (TPSA) is 84.0 Å². The molecule has 0 bridgehead atoms. The summed E-state index contributed by atoms with van der Waals surface area (Å²) in [6, 6.07) is 3.77. The zero-order chi connectivity index (χ0) is 21.4. The second kappa shape index (κ2) is 10.0. The molecule has 1 rings (SSSR count). The number of alkyl halides is 3. The van der Waals surface area contributed by atoms with E-state index in [0.29, 0.717) is 12.5 Å². The van der Waals surface area contributed by atoms with Crippen LogP contribution in [0.4, 0.5) is 18.0 Å². The number of rotatable bonds is 6. The van der Waals surface area contributed by atoms with Gasteiger partial charge < -0.3 is 25.4 Å². The Hall–Kier alpha value is -2.65. The number of guanidine groups is 1. The summed E-state index contributed by atoms with van der Waals surface area (Å²) in [6.45, 7) is 5.75. The van der Waals surface area contributed by atoms with E-state index in [0.717, 1.165) is 6.07 Å². The molecule has 1 aromatic carbocycles. The van der Waals surface area contributed by atoms with Gasteiger partial charge >= 0.3 is 12.3 Å². The number of halogens is 3. The van der Waals surface area contributed by atoms with Gasteiger partial charge in [-0.2, -0.15) is 13.2 Å². The Labute approximate surface area is 162 Å². The van der Waals surface area contributed by atoms with Gasteiger partial charge in [0.15, 0.2) is 5.96 Å². The minimum absolute atomic E-state index is 0.0585. The van der Waals surface area contributed by atoms with Crippen molar-refractivity contribution in [2.75, 3.05) is 27.2 Å². The molecule has 0 unspecified atom stereocenters. The molecule has 0 aliphatic carbocycles. The van der Waals surface area contributed by atoms with Gasteiger partial charge in [0, 0.05) is 26.7 Å². The molecule has 158 valence electrons. The van der Waals surface area contributed by atoms with E-state index in [-0.39, 0.29) is 24.4 Å². The first-order valence-electron chi connectivity index (χ1n) is 8.61. The smallest absolute Gasteiger partial charge is 0.416 e. The van der Waals surface area contributed by atoms with Gasteiger partial charge in [-0.05, 0) is 38.5 Å². The summed E-state index contributed by atoms with van der Waals surface area (Å²) in [5, 5.41) is 8.28. The van der Waals surface area contributed by atoms with Crippen LogP contribution in [0.5, 0.6) is 5.75 Å². The van der Waals surface area contributed by atoms with Crippen molar-refractivity contribution < 1.29 is 27.4 Å². The van der Waals surface area contributed by atoms with Crippen LogP contribution >= 0.6 is 0 Å². The van der Waals surface area contributed by atoms with E-state index in [4.69, 9.17) is 9.47 Å². The second-order valence-electron chi connectivity index (χ2n) is 6.80. The molecule has 0 saturated carbocycles. The highest BCUT2D eigenvalue weighted by Crippen LogP contribution is 2.34. The Morgan fingerprint density at radius 2 is 1.75 bits per heavy atom. The fraction of sp³-hybridized carbons (Fsp3) is 0.556. The Bertz CT molecular complexity index is 686. The fourth-order valence-electron chi connectivity index (χ4n) is 2.16. The highest BCUT2D eigenvalue weighted by atomic mass is 19.4. The predicted octanol–water partition coefficient (Wildman–Crippen LogP) is 2.90. The summed E-state index contributed by atoms with van der Waals surface area (Å²) in [7, 11) is 2.81. The number of nitrogens with one attached hydrogen (secondary N) is 3. The Kier molecular flexibility index (Phi) is 8.39. The van der Waals surface area contributed by atoms with Crippen LogP contribution in [0.1, 0.15) is 31.9 Å². The Morgan fingerprint density at radius 1 is 1.11 bits per heavy atom. The van der Waals surface area contributed by atoms with Crippen LogP contribution < -0.4 is 20.7 Å². The van der Waals surface area contributed by atoms with E-state index in [2.05, 4.69) is 20.9 Å². The van der Waals surface area contributed by atoms with Crippen LogP contribution in [0.25, 0.3) is 0 Å². The van der Waals surface area contributed by atoms with Crippen LogP contribution in [-0.4, -0.2) is 44.9 Å². The number of hydrogen-bond acceptors (Lipinski definition) is 4. The average Bonchev–Trinajstić information content (AvgIpc) is 2.58. The van der Waals surface area contributed by atoms with Crippen molar-refractivity contribution >= 4 is 12.1 Å². The van der Waals surface area contributed by atoms with Gasteiger partial charge in [0.2, 0.25) is 0 Å². The first kappa shape index (κ1) is 23.4. The molecule has 3 N–H and O–H groups in total. The molecular formula is C18H27F3N4O3. The fourth-order valence-corrected chi connectivity index (χ4v) is 2.16. The number of benzene rings is 1. The number of carbonyl (C=O) groups is 1. The maximum atomic E-state index is 13.2. The lowest BCUT2D eigenvalue weighted by Gasteiger charge is -2.20. The van der Waals surface area contributed by atoms with Crippen LogP contribution in [0.15, 0.2) is 23.2 Å².